The van der Waals surface area contributed by atoms with Crippen LogP contribution in [0.4, 0.5) is 0 Å². The number of rotatable bonds is 2. The normalized spacial score (nSPS) is 24.0. The molecule has 2 nitrogen and oxygen atoms in total. The van der Waals surface area contributed by atoms with Gasteiger partial charge >= 0.3 is 0 Å². The molecule has 1 atom stereocenters. The van der Waals surface area contributed by atoms with Crippen LogP contribution in [0.5, 0.6) is 0 Å². The molecule has 1 rings (SSSR count). The summed E-state index contributed by atoms with van der Waals surface area (Å²) in [5.74, 6) is 0.742. The smallest absolute Gasteiger partial charge is 0.0468 e. The number of nitrogens with two attached hydrogens (primary N) is 1. The first kappa shape index (κ1) is 10.0. The summed E-state index contributed by atoms with van der Waals surface area (Å²) in [6.45, 7) is 8.48. The van der Waals surface area contributed by atoms with Crippen molar-refractivity contribution in [2.45, 2.75) is 39.7 Å². The molecule has 1 saturated heterocycles. The summed E-state index contributed by atoms with van der Waals surface area (Å²) >= 11 is 0. The fourth-order valence-electron chi connectivity index (χ4n) is 1.81. The van der Waals surface area contributed by atoms with Crippen molar-refractivity contribution in [3.63, 3.8) is 0 Å². The molecule has 0 aliphatic carbocycles. The minimum Gasteiger partial charge on any atom is -0.381 e. The van der Waals surface area contributed by atoms with Gasteiger partial charge in [-0.25, -0.2) is 0 Å². The molecule has 1 unspecified atom stereocenters. The third kappa shape index (κ3) is 1.99. The second-order valence-electron chi connectivity index (χ2n) is 4.50. The van der Waals surface area contributed by atoms with Crippen LogP contribution in [0, 0.1) is 11.3 Å². The molecule has 2 N–H and O–H groups in total. The summed E-state index contributed by atoms with van der Waals surface area (Å²) in [7, 11) is 0. The molecular formula is C10H21NO. The van der Waals surface area contributed by atoms with Gasteiger partial charge in [0.15, 0.2) is 0 Å². The average molecular weight is 171 g/mol. The van der Waals surface area contributed by atoms with Gasteiger partial charge in [0.2, 0.25) is 0 Å². The molecule has 0 aromatic rings. The topological polar surface area (TPSA) is 35.2 Å². The quantitative estimate of drug-likeness (QED) is 0.687. The van der Waals surface area contributed by atoms with E-state index in [1.54, 1.807) is 0 Å². The Balaban J connectivity index is 2.53. The van der Waals surface area contributed by atoms with E-state index in [1.807, 2.05) is 0 Å². The predicted octanol–water partition coefficient (Wildman–Crippen LogP) is 1.79. The summed E-state index contributed by atoms with van der Waals surface area (Å²) in [6.07, 6.45) is 2.35. The van der Waals surface area contributed by atoms with Crippen molar-refractivity contribution in [3.8, 4) is 0 Å². The fourth-order valence-corrected chi connectivity index (χ4v) is 1.81. The maximum atomic E-state index is 5.96. The van der Waals surface area contributed by atoms with E-state index in [1.165, 1.54) is 12.8 Å². The zero-order chi connectivity index (χ0) is 9.19. The molecule has 1 heterocycles. The lowest BCUT2D eigenvalue weighted by Gasteiger charge is -2.39. The van der Waals surface area contributed by atoms with Crippen molar-refractivity contribution in [1.29, 1.82) is 0 Å². The third-order valence-corrected chi connectivity index (χ3v) is 3.45. The lowest BCUT2D eigenvalue weighted by atomic mass is 9.70. The zero-order valence-electron chi connectivity index (χ0n) is 8.47. The molecule has 0 spiro atoms. The minimum atomic E-state index is 0.268. The Labute approximate surface area is 75.5 Å². The summed E-state index contributed by atoms with van der Waals surface area (Å²) in [6, 6.07) is 0.278. The molecule has 1 aliphatic heterocycles. The maximum Gasteiger partial charge on any atom is 0.0468 e. The number of ether oxygens (including phenoxy) is 1. The van der Waals surface area contributed by atoms with Gasteiger partial charge in [-0.3, -0.25) is 0 Å². The standard InChI is InChI=1S/C10H21NO/c1-8(11)10(2,3)9-4-6-12-7-5-9/h8-9H,4-7,11H2,1-3H3. The first-order valence-electron chi connectivity index (χ1n) is 4.88. The van der Waals surface area contributed by atoms with E-state index in [-0.39, 0.29) is 11.5 Å². The van der Waals surface area contributed by atoms with Crippen LogP contribution in [0.15, 0.2) is 0 Å². The van der Waals surface area contributed by atoms with E-state index in [2.05, 4.69) is 20.8 Å². The van der Waals surface area contributed by atoms with Crippen LogP contribution in [-0.2, 0) is 4.74 Å². The van der Waals surface area contributed by atoms with E-state index in [9.17, 15) is 0 Å². The van der Waals surface area contributed by atoms with Crippen LogP contribution in [0.1, 0.15) is 33.6 Å². The van der Waals surface area contributed by atoms with Crippen LogP contribution in [-0.4, -0.2) is 19.3 Å². The van der Waals surface area contributed by atoms with Crippen molar-refractivity contribution in [3.05, 3.63) is 0 Å². The summed E-state index contributed by atoms with van der Waals surface area (Å²) in [5, 5.41) is 0. The largest absolute Gasteiger partial charge is 0.381 e. The van der Waals surface area contributed by atoms with Gasteiger partial charge in [0, 0.05) is 19.3 Å². The Morgan fingerprint density at radius 1 is 1.33 bits per heavy atom. The number of hydrogen-bond donors (Lipinski definition) is 1. The summed E-state index contributed by atoms with van der Waals surface area (Å²) in [4.78, 5) is 0. The van der Waals surface area contributed by atoms with Gasteiger partial charge in [-0.1, -0.05) is 13.8 Å². The highest BCUT2D eigenvalue weighted by atomic mass is 16.5. The summed E-state index contributed by atoms with van der Waals surface area (Å²) < 4.78 is 5.33. The van der Waals surface area contributed by atoms with Crippen molar-refractivity contribution in [2.24, 2.45) is 17.1 Å². The maximum absolute atomic E-state index is 5.96. The third-order valence-electron chi connectivity index (χ3n) is 3.45. The highest BCUT2D eigenvalue weighted by Gasteiger charge is 2.33. The number of hydrogen-bond acceptors (Lipinski definition) is 2. The Morgan fingerprint density at radius 2 is 1.83 bits per heavy atom. The van der Waals surface area contributed by atoms with Crippen LogP contribution < -0.4 is 5.73 Å². The van der Waals surface area contributed by atoms with Gasteiger partial charge in [0.25, 0.3) is 0 Å². The molecular weight excluding hydrogens is 150 g/mol. The molecule has 72 valence electrons. The van der Waals surface area contributed by atoms with Crippen molar-refractivity contribution >= 4 is 0 Å². The minimum absolute atomic E-state index is 0.268. The van der Waals surface area contributed by atoms with E-state index in [0.29, 0.717) is 0 Å². The first-order valence-corrected chi connectivity index (χ1v) is 4.88. The van der Waals surface area contributed by atoms with Gasteiger partial charge in [-0.15, -0.1) is 0 Å². The highest BCUT2D eigenvalue weighted by molar-refractivity contribution is 4.86. The van der Waals surface area contributed by atoms with Gasteiger partial charge in [0.05, 0.1) is 0 Å². The van der Waals surface area contributed by atoms with Crippen molar-refractivity contribution in [2.75, 3.05) is 13.2 Å². The molecule has 1 fully saturated rings. The monoisotopic (exact) mass is 171 g/mol. The lowest BCUT2D eigenvalue weighted by molar-refractivity contribution is 0.0155. The van der Waals surface area contributed by atoms with Crippen LogP contribution in [0.25, 0.3) is 0 Å². The van der Waals surface area contributed by atoms with Gasteiger partial charge in [0.1, 0.15) is 0 Å². The highest BCUT2D eigenvalue weighted by Crippen LogP contribution is 2.36. The fraction of sp³-hybridized carbons (Fsp3) is 1.00. The SMILES string of the molecule is CC(N)C(C)(C)C1CCOCC1. The van der Waals surface area contributed by atoms with E-state index < -0.39 is 0 Å². The van der Waals surface area contributed by atoms with Crippen molar-refractivity contribution in [1.82, 2.24) is 0 Å². The second kappa shape index (κ2) is 3.75. The Kier molecular flexibility index (Phi) is 3.13. The Morgan fingerprint density at radius 3 is 2.25 bits per heavy atom. The van der Waals surface area contributed by atoms with Crippen LogP contribution in [0.3, 0.4) is 0 Å². The predicted molar refractivity (Wildman–Crippen MR) is 51.0 cm³/mol. The molecule has 0 bridgehead atoms. The molecule has 1 aliphatic rings. The van der Waals surface area contributed by atoms with E-state index >= 15 is 0 Å². The summed E-state index contributed by atoms with van der Waals surface area (Å²) in [5.41, 5.74) is 6.23. The molecule has 12 heavy (non-hydrogen) atoms. The Hall–Kier alpha value is -0.0800. The molecule has 0 saturated carbocycles. The Bertz CT molecular complexity index is 137. The average Bonchev–Trinajstić information content (AvgIpc) is 2.06. The molecule has 0 radical (unpaired) electrons. The van der Waals surface area contributed by atoms with Gasteiger partial charge in [-0.05, 0) is 31.1 Å². The molecule has 0 aromatic heterocycles. The van der Waals surface area contributed by atoms with E-state index in [4.69, 9.17) is 10.5 Å². The van der Waals surface area contributed by atoms with Crippen LogP contribution in [0.2, 0.25) is 0 Å². The van der Waals surface area contributed by atoms with Gasteiger partial charge in [-0.2, -0.15) is 0 Å². The van der Waals surface area contributed by atoms with Crippen LogP contribution >= 0.6 is 0 Å². The first-order chi connectivity index (χ1) is 5.55. The molecule has 0 aromatic carbocycles. The van der Waals surface area contributed by atoms with Crippen molar-refractivity contribution < 1.29 is 4.74 Å². The van der Waals surface area contributed by atoms with E-state index in [0.717, 1.165) is 19.1 Å². The molecule has 2 heteroatoms. The lowest BCUT2D eigenvalue weighted by Crippen LogP contribution is -2.42. The molecule has 0 amide bonds. The second-order valence-corrected chi connectivity index (χ2v) is 4.50. The van der Waals surface area contributed by atoms with Gasteiger partial charge < -0.3 is 10.5 Å². The zero-order valence-corrected chi connectivity index (χ0v) is 8.47.